The third-order valence-electron chi connectivity index (χ3n) is 2.25. The normalized spacial score (nSPS) is 10.1. The maximum Gasteiger partial charge on any atom is 0.126 e. The molecule has 1 aromatic heterocycles. The van der Waals surface area contributed by atoms with E-state index in [1.54, 1.807) is 0 Å². The fourth-order valence-electron chi connectivity index (χ4n) is 1.48. The Bertz CT molecular complexity index is 437. The maximum atomic E-state index is 4.39. The number of benzene rings is 1. The van der Waals surface area contributed by atoms with E-state index in [2.05, 4.69) is 38.4 Å². The highest BCUT2D eigenvalue weighted by Crippen LogP contribution is 2.13. The number of aromatic nitrogens is 1. The standard InChI is InChI=1S/C13H13BrN2/c1-10-4-2-7-13(16-10)15-9-11-5-3-6-12(14)8-11/h2-8H,9H2,1H3,(H,15,16). The molecule has 0 unspecified atom stereocenters. The van der Waals surface area contributed by atoms with Crippen LogP contribution in [0.3, 0.4) is 0 Å². The van der Waals surface area contributed by atoms with E-state index >= 15 is 0 Å². The monoisotopic (exact) mass is 276 g/mol. The molecule has 0 fully saturated rings. The van der Waals surface area contributed by atoms with E-state index in [9.17, 15) is 0 Å². The minimum atomic E-state index is 0.788. The van der Waals surface area contributed by atoms with E-state index in [-0.39, 0.29) is 0 Å². The van der Waals surface area contributed by atoms with Crippen LogP contribution in [0.5, 0.6) is 0 Å². The smallest absolute Gasteiger partial charge is 0.126 e. The van der Waals surface area contributed by atoms with Crippen LogP contribution in [-0.2, 0) is 6.54 Å². The van der Waals surface area contributed by atoms with Crippen LogP contribution < -0.4 is 5.32 Å². The van der Waals surface area contributed by atoms with Gasteiger partial charge in [0.15, 0.2) is 0 Å². The highest BCUT2D eigenvalue weighted by atomic mass is 79.9. The van der Waals surface area contributed by atoms with E-state index in [0.717, 1.165) is 22.5 Å². The first-order valence-electron chi connectivity index (χ1n) is 5.16. The average Bonchev–Trinajstić information content (AvgIpc) is 2.27. The van der Waals surface area contributed by atoms with Crippen LogP contribution >= 0.6 is 15.9 Å². The Hall–Kier alpha value is -1.35. The third kappa shape index (κ3) is 3.07. The SMILES string of the molecule is Cc1cccc(NCc2cccc(Br)c2)n1. The lowest BCUT2D eigenvalue weighted by Crippen LogP contribution is -2.01. The molecule has 2 rings (SSSR count). The molecular formula is C13H13BrN2. The van der Waals surface area contributed by atoms with Gasteiger partial charge in [-0.15, -0.1) is 0 Å². The molecule has 1 heterocycles. The van der Waals surface area contributed by atoms with Crippen molar-refractivity contribution in [3.8, 4) is 0 Å². The number of nitrogens with zero attached hydrogens (tertiary/aromatic N) is 1. The molecule has 0 saturated heterocycles. The highest BCUT2D eigenvalue weighted by Gasteiger charge is 1.96. The summed E-state index contributed by atoms with van der Waals surface area (Å²) in [5, 5.41) is 3.30. The van der Waals surface area contributed by atoms with E-state index in [1.165, 1.54) is 5.56 Å². The van der Waals surface area contributed by atoms with Crippen molar-refractivity contribution in [3.05, 3.63) is 58.2 Å². The van der Waals surface area contributed by atoms with Crippen molar-refractivity contribution in [2.45, 2.75) is 13.5 Å². The predicted molar refractivity (Wildman–Crippen MR) is 70.4 cm³/mol. The van der Waals surface area contributed by atoms with E-state index in [4.69, 9.17) is 0 Å². The summed E-state index contributed by atoms with van der Waals surface area (Å²) in [6.45, 7) is 2.78. The van der Waals surface area contributed by atoms with Gasteiger partial charge in [0.05, 0.1) is 0 Å². The van der Waals surface area contributed by atoms with Gasteiger partial charge in [0.1, 0.15) is 5.82 Å². The van der Waals surface area contributed by atoms with Crippen molar-refractivity contribution in [1.29, 1.82) is 0 Å². The number of anilines is 1. The van der Waals surface area contributed by atoms with E-state index < -0.39 is 0 Å². The molecule has 0 amide bonds. The second-order valence-corrected chi connectivity index (χ2v) is 4.56. The van der Waals surface area contributed by atoms with Crippen LogP contribution in [-0.4, -0.2) is 4.98 Å². The number of nitrogens with one attached hydrogen (secondary N) is 1. The molecule has 0 aliphatic carbocycles. The molecule has 82 valence electrons. The number of halogens is 1. The number of hydrogen-bond acceptors (Lipinski definition) is 2. The van der Waals surface area contributed by atoms with Gasteiger partial charge < -0.3 is 5.32 Å². The van der Waals surface area contributed by atoms with Crippen molar-refractivity contribution in [1.82, 2.24) is 4.98 Å². The molecule has 16 heavy (non-hydrogen) atoms. The molecule has 0 aliphatic heterocycles. The van der Waals surface area contributed by atoms with Gasteiger partial charge in [0.2, 0.25) is 0 Å². The van der Waals surface area contributed by atoms with Crippen molar-refractivity contribution >= 4 is 21.7 Å². The van der Waals surface area contributed by atoms with Gasteiger partial charge >= 0.3 is 0 Å². The fourth-order valence-corrected chi connectivity index (χ4v) is 1.93. The number of hydrogen-bond donors (Lipinski definition) is 1. The molecule has 1 aromatic carbocycles. The maximum absolute atomic E-state index is 4.39. The molecule has 0 aliphatic rings. The molecule has 0 bridgehead atoms. The average molecular weight is 277 g/mol. The van der Waals surface area contributed by atoms with Crippen molar-refractivity contribution < 1.29 is 0 Å². The van der Waals surface area contributed by atoms with Crippen LogP contribution in [0, 0.1) is 6.92 Å². The second kappa shape index (κ2) is 5.12. The first-order chi connectivity index (χ1) is 7.74. The summed E-state index contributed by atoms with van der Waals surface area (Å²) in [4.78, 5) is 4.39. The summed E-state index contributed by atoms with van der Waals surface area (Å²) in [5.74, 6) is 0.917. The lowest BCUT2D eigenvalue weighted by Gasteiger charge is -2.06. The predicted octanol–water partition coefficient (Wildman–Crippen LogP) is 3.76. The minimum Gasteiger partial charge on any atom is -0.366 e. The van der Waals surface area contributed by atoms with E-state index in [0.29, 0.717) is 0 Å². The third-order valence-corrected chi connectivity index (χ3v) is 2.74. The van der Waals surface area contributed by atoms with Crippen LogP contribution in [0.25, 0.3) is 0 Å². The zero-order valence-electron chi connectivity index (χ0n) is 9.07. The Morgan fingerprint density at radius 2 is 2.00 bits per heavy atom. The summed E-state index contributed by atoms with van der Waals surface area (Å²) in [6, 6.07) is 14.2. The largest absolute Gasteiger partial charge is 0.366 e. The number of rotatable bonds is 3. The quantitative estimate of drug-likeness (QED) is 0.923. The second-order valence-electron chi connectivity index (χ2n) is 3.65. The molecular weight excluding hydrogens is 264 g/mol. The van der Waals surface area contributed by atoms with Gasteiger partial charge in [-0.25, -0.2) is 4.98 Å². The first-order valence-corrected chi connectivity index (χ1v) is 5.95. The molecule has 0 saturated carbocycles. The minimum absolute atomic E-state index is 0.788. The van der Waals surface area contributed by atoms with Gasteiger partial charge in [-0.2, -0.15) is 0 Å². The zero-order valence-corrected chi connectivity index (χ0v) is 10.7. The fraction of sp³-hybridized carbons (Fsp3) is 0.154. The molecule has 2 nitrogen and oxygen atoms in total. The molecule has 0 atom stereocenters. The summed E-state index contributed by atoms with van der Waals surface area (Å²) in [6.07, 6.45) is 0. The summed E-state index contributed by atoms with van der Waals surface area (Å²) in [5.41, 5.74) is 2.26. The lowest BCUT2D eigenvalue weighted by molar-refractivity contribution is 1.09. The summed E-state index contributed by atoms with van der Waals surface area (Å²) >= 11 is 3.46. The van der Waals surface area contributed by atoms with Crippen LogP contribution in [0.2, 0.25) is 0 Å². The van der Waals surface area contributed by atoms with Crippen molar-refractivity contribution in [2.24, 2.45) is 0 Å². The first kappa shape index (κ1) is 11.1. The molecule has 2 aromatic rings. The molecule has 3 heteroatoms. The Morgan fingerprint density at radius 3 is 2.75 bits per heavy atom. The van der Waals surface area contributed by atoms with Crippen LogP contribution in [0.15, 0.2) is 46.9 Å². The van der Waals surface area contributed by atoms with Crippen molar-refractivity contribution in [3.63, 3.8) is 0 Å². The molecule has 1 N–H and O–H groups in total. The highest BCUT2D eigenvalue weighted by molar-refractivity contribution is 9.10. The summed E-state index contributed by atoms with van der Waals surface area (Å²) < 4.78 is 1.10. The van der Waals surface area contributed by atoms with Crippen LogP contribution in [0.1, 0.15) is 11.3 Å². The zero-order chi connectivity index (χ0) is 11.4. The van der Waals surface area contributed by atoms with Gasteiger partial charge in [0, 0.05) is 16.7 Å². The number of aryl methyl sites for hydroxylation is 1. The van der Waals surface area contributed by atoms with Gasteiger partial charge in [-0.05, 0) is 36.8 Å². The Labute approximate surface area is 104 Å². The van der Waals surface area contributed by atoms with E-state index in [1.807, 2.05) is 37.3 Å². The van der Waals surface area contributed by atoms with Crippen LogP contribution in [0.4, 0.5) is 5.82 Å². The topological polar surface area (TPSA) is 24.9 Å². The lowest BCUT2D eigenvalue weighted by atomic mass is 10.2. The Morgan fingerprint density at radius 1 is 1.19 bits per heavy atom. The number of pyridine rings is 1. The summed E-state index contributed by atoms with van der Waals surface area (Å²) in [7, 11) is 0. The Balaban J connectivity index is 2.02. The van der Waals surface area contributed by atoms with Gasteiger partial charge in [-0.1, -0.05) is 34.1 Å². The Kier molecular flexibility index (Phi) is 3.57. The molecule has 0 radical (unpaired) electrons. The van der Waals surface area contributed by atoms with Crippen molar-refractivity contribution in [2.75, 3.05) is 5.32 Å². The molecule has 0 spiro atoms. The van der Waals surface area contributed by atoms with Gasteiger partial charge in [-0.3, -0.25) is 0 Å². The van der Waals surface area contributed by atoms with Gasteiger partial charge in [0.25, 0.3) is 0 Å².